The van der Waals surface area contributed by atoms with Crippen molar-refractivity contribution in [2.75, 3.05) is 18.1 Å². The van der Waals surface area contributed by atoms with Crippen molar-refractivity contribution in [3.05, 3.63) is 0 Å². The Kier molecular flexibility index (Phi) is 5.67. The van der Waals surface area contributed by atoms with Crippen molar-refractivity contribution in [3.63, 3.8) is 0 Å². The van der Waals surface area contributed by atoms with Crippen LogP contribution in [0.2, 0.25) is 0 Å². The van der Waals surface area contributed by atoms with Crippen LogP contribution in [-0.4, -0.2) is 26.5 Å². The molecule has 0 fully saturated rings. The molecule has 14 heavy (non-hydrogen) atoms. The van der Waals surface area contributed by atoms with Crippen LogP contribution in [0.4, 0.5) is 0 Å². The van der Waals surface area contributed by atoms with Crippen molar-refractivity contribution in [1.82, 2.24) is 0 Å². The summed E-state index contributed by atoms with van der Waals surface area (Å²) < 4.78 is 22.4. The molecular formula is C10H23NO2S. The van der Waals surface area contributed by atoms with Gasteiger partial charge in [-0.3, -0.25) is 0 Å². The van der Waals surface area contributed by atoms with Gasteiger partial charge in [-0.05, 0) is 31.2 Å². The molecule has 0 aromatic heterocycles. The summed E-state index contributed by atoms with van der Waals surface area (Å²) >= 11 is 0. The van der Waals surface area contributed by atoms with Crippen LogP contribution in [0, 0.1) is 5.41 Å². The maximum atomic E-state index is 11.2. The maximum Gasteiger partial charge on any atom is 0.150 e. The van der Waals surface area contributed by atoms with Gasteiger partial charge < -0.3 is 5.73 Å². The van der Waals surface area contributed by atoms with E-state index in [1.54, 1.807) is 6.92 Å². The van der Waals surface area contributed by atoms with Crippen LogP contribution in [0.3, 0.4) is 0 Å². The van der Waals surface area contributed by atoms with Gasteiger partial charge in [-0.2, -0.15) is 0 Å². The highest BCUT2D eigenvalue weighted by Gasteiger charge is 2.17. The Labute approximate surface area is 88.0 Å². The van der Waals surface area contributed by atoms with Crippen molar-refractivity contribution in [3.8, 4) is 0 Å². The Bertz CT molecular complexity index is 245. The first-order chi connectivity index (χ1) is 6.33. The highest BCUT2D eigenvalue weighted by Crippen LogP contribution is 2.25. The van der Waals surface area contributed by atoms with Crippen molar-refractivity contribution in [2.24, 2.45) is 11.1 Å². The molecule has 0 bridgehead atoms. The van der Waals surface area contributed by atoms with Crippen LogP contribution >= 0.6 is 0 Å². The second-order valence-electron chi connectivity index (χ2n) is 4.54. The minimum absolute atomic E-state index is 0.179. The van der Waals surface area contributed by atoms with Crippen LogP contribution < -0.4 is 5.73 Å². The summed E-state index contributed by atoms with van der Waals surface area (Å²) in [6.07, 6.45) is 2.64. The van der Waals surface area contributed by atoms with E-state index in [9.17, 15) is 8.42 Å². The molecule has 0 radical (unpaired) electrons. The van der Waals surface area contributed by atoms with Gasteiger partial charge in [0.2, 0.25) is 0 Å². The molecule has 0 aliphatic rings. The number of hydrogen-bond donors (Lipinski definition) is 1. The fourth-order valence-electron chi connectivity index (χ4n) is 1.43. The predicted molar refractivity (Wildman–Crippen MR) is 61.0 cm³/mol. The lowest BCUT2D eigenvalue weighted by molar-refractivity contribution is 0.310. The largest absolute Gasteiger partial charge is 0.330 e. The summed E-state index contributed by atoms with van der Waals surface area (Å²) in [4.78, 5) is 0. The third-order valence-electron chi connectivity index (χ3n) is 2.57. The quantitative estimate of drug-likeness (QED) is 0.710. The van der Waals surface area contributed by atoms with E-state index in [2.05, 4.69) is 13.8 Å². The lowest BCUT2D eigenvalue weighted by atomic mass is 9.85. The topological polar surface area (TPSA) is 60.2 Å². The molecule has 0 atom stereocenters. The van der Waals surface area contributed by atoms with Crippen LogP contribution in [0.25, 0.3) is 0 Å². The van der Waals surface area contributed by atoms with E-state index in [1.807, 2.05) is 0 Å². The summed E-state index contributed by atoms with van der Waals surface area (Å²) in [6, 6.07) is 0. The molecule has 0 aromatic carbocycles. The first-order valence-corrected chi connectivity index (χ1v) is 7.05. The average molecular weight is 221 g/mol. The van der Waals surface area contributed by atoms with Gasteiger partial charge in [-0.15, -0.1) is 0 Å². The Morgan fingerprint density at radius 3 is 2.21 bits per heavy atom. The minimum atomic E-state index is -2.79. The number of sulfone groups is 1. The van der Waals surface area contributed by atoms with Gasteiger partial charge in [0.15, 0.2) is 0 Å². The SMILES string of the molecule is CCS(=O)(=O)CCCC(C)(C)CCN. The highest BCUT2D eigenvalue weighted by atomic mass is 32.2. The van der Waals surface area contributed by atoms with Gasteiger partial charge in [0.05, 0.1) is 5.75 Å². The van der Waals surface area contributed by atoms with Gasteiger partial charge in [0.25, 0.3) is 0 Å². The lowest BCUT2D eigenvalue weighted by Crippen LogP contribution is -2.19. The third-order valence-corrected chi connectivity index (χ3v) is 4.36. The molecule has 0 aliphatic carbocycles. The van der Waals surface area contributed by atoms with Crippen molar-refractivity contribution < 1.29 is 8.42 Å². The molecule has 4 heteroatoms. The average Bonchev–Trinajstić information content (AvgIpc) is 2.03. The standard InChI is InChI=1S/C10H23NO2S/c1-4-14(12,13)9-5-6-10(2,3)7-8-11/h4-9,11H2,1-3H3. The van der Waals surface area contributed by atoms with E-state index in [0.717, 1.165) is 19.3 Å². The molecule has 86 valence electrons. The molecule has 0 heterocycles. The first-order valence-electron chi connectivity index (χ1n) is 5.23. The molecule has 0 unspecified atom stereocenters. The fourth-order valence-corrected chi connectivity index (χ4v) is 2.30. The van der Waals surface area contributed by atoms with Gasteiger partial charge in [0, 0.05) is 5.75 Å². The van der Waals surface area contributed by atoms with Crippen LogP contribution in [0.1, 0.15) is 40.0 Å². The summed E-state index contributed by atoms with van der Waals surface area (Å²) in [5.41, 5.74) is 5.66. The monoisotopic (exact) mass is 221 g/mol. The van der Waals surface area contributed by atoms with E-state index in [4.69, 9.17) is 5.73 Å². The zero-order valence-electron chi connectivity index (χ0n) is 9.54. The number of hydrogen-bond acceptors (Lipinski definition) is 3. The second kappa shape index (κ2) is 5.71. The van der Waals surface area contributed by atoms with Crippen molar-refractivity contribution in [2.45, 2.75) is 40.0 Å². The predicted octanol–water partition coefficient (Wildman–Crippen LogP) is 1.58. The Hall–Kier alpha value is -0.0900. The fraction of sp³-hybridized carbons (Fsp3) is 1.00. The van der Waals surface area contributed by atoms with Crippen LogP contribution in [-0.2, 0) is 9.84 Å². The van der Waals surface area contributed by atoms with Crippen molar-refractivity contribution >= 4 is 9.84 Å². The molecule has 0 aromatic rings. The van der Waals surface area contributed by atoms with E-state index in [0.29, 0.717) is 12.3 Å². The molecule has 0 spiro atoms. The molecule has 0 rings (SSSR count). The van der Waals surface area contributed by atoms with Crippen LogP contribution in [0.15, 0.2) is 0 Å². The zero-order chi connectivity index (χ0) is 11.2. The molecule has 0 aliphatic heterocycles. The molecule has 3 nitrogen and oxygen atoms in total. The summed E-state index contributed by atoms with van der Waals surface area (Å²) in [5.74, 6) is 0.571. The van der Waals surface area contributed by atoms with Gasteiger partial charge in [-0.25, -0.2) is 8.42 Å². The normalized spacial score (nSPS) is 13.1. The Balaban J connectivity index is 3.85. The summed E-state index contributed by atoms with van der Waals surface area (Å²) in [7, 11) is -2.79. The molecule has 0 amide bonds. The molecule has 2 N–H and O–H groups in total. The molecular weight excluding hydrogens is 198 g/mol. The zero-order valence-corrected chi connectivity index (χ0v) is 10.4. The summed E-state index contributed by atoms with van der Waals surface area (Å²) in [6.45, 7) is 6.64. The third kappa shape index (κ3) is 6.38. The number of nitrogens with two attached hydrogens (primary N) is 1. The van der Waals surface area contributed by atoms with Crippen LogP contribution in [0.5, 0.6) is 0 Å². The first kappa shape index (κ1) is 13.9. The van der Waals surface area contributed by atoms with Gasteiger partial charge in [-0.1, -0.05) is 20.8 Å². The van der Waals surface area contributed by atoms with E-state index in [-0.39, 0.29) is 11.2 Å². The smallest absolute Gasteiger partial charge is 0.150 e. The molecule has 0 saturated carbocycles. The Morgan fingerprint density at radius 1 is 1.21 bits per heavy atom. The van der Waals surface area contributed by atoms with Gasteiger partial charge >= 0.3 is 0 Å². The van der Waals surface area contributed by atoms with E-state index in [1.165, 1.54) is 0 Å². The van der Waals surface area contributed by atoms with E-state index < -0.39 is 9.84 Å². The second-order valence-corrected chi connectivity index (χ2v) is 7.02. The van der Waals surface area contributed by atoms with Gasteiger partial charge in [0.1, 0.15) is 9.84 Å². The maximum absolute atomic E-state index is 11.2. The highest BCUT2D eigenvalue weighted by molar-refractivity contribution is 7.91. The molecule has 0 saturated heterocycles. The number of rotatable bonds is 7. The van der Waals surface area contributed by atoms with E-state index >= 15 is 0 Å². The summed E-state index contributed by atoms with van der Waals surface area (Å²) in [5, 5.41) is 0. The Morgan fingerprint density at radius 2 is 1.79 bits per heavy atom. The lowest BCUT2D eigenvalue weighted by Gasteiger charge is -2.23. The van der Waals surface area contributed by atoms with Crippen molar-refractivity contribution in [1.29, 1.82) is 0 Å². The minimum Gasteiger partial charge on any atom is -0.330 e.